The number of rotatable bonds is 4. The van der Waals surface area contributed by atoms with Crippen LogP contribution >= 0.6 is 0 Å². The van der Waals surface area contributed by atoms with Crippen molar-refractivity contribution in [2.75, 3.05) is 42.6 Å². The van der Waals surface area contributed by atoms with Gasteiger partial charge in [0.15, 0.2) is 0 Å². The highest BCUT2D eigenvalue weighted by atomic mass is 19.1. The molecular formula is C23H24FN3O3. The van der Waals surface area contributed by atoms with Gasteiger partial charge in [-0.1, -0.05) is 18.2 Å². The lowest BCUT2D eigenvalue weighted by Crippen LogP contribution is -2.47. The minimum Gasteiger partial charge on any atom is -0.462 e. The number of esters is 1. The molecule has 0 spiro atoms. The van der Waals surface area contributed by atoms with Crippen LogP contribution in [-0.2, 0) is 11.8 Å². The normalized spacial score (nSPS) is 14.2. The molecule has 0 unspecified atom stereocenters. The Morgan fingerprint density at radius 3 is 2.30 bits per heavy atom. The molecular weight excluding hydrogens is 385 g/mol. The van der Waals surface area contributed by atoms with E-state index in [4.69, 9.17) is 4.74 Å². The molecule has 0 N–H and O–H groups in total. The third kappa shape index (κ3) is 3.51. The first kappa shape index (κ1) is 19.9. The van der Waals surface area contributed by atoms with Gasteiger partial charge in [0.2, 0.25) is 0 Å². The van der Waals surface area contributed by atoms with E-state index >= 15 is 0 Å². The SMILES string of the molecule is CCOC(=O)c1c(N2CCN(c3ccc(F)cc3)CC2)c2ccccc2n(C)c1=O. The number of nitrogens with zero attached hydrogens (tertiary/aromatic N) is 3. The number of carbonyl (C=O) groups is 1. The van der Waals surface area contributed by atoms with E-state index < -0.39 is 5.97 Å². The topological polar surface area (TPSA) is 54.8 Å². The summed E-state index contributed by atoms with van der Waals surface area (Å²) in [5.74, 6) is -0.858. The molecule has 1 aliphatic heterocycles. The van der Waals surface area contributed by atoms with Crippen molar-refractivity contribution in [2.24, 2.45) is 7.05 Å². The zero-order valence-corrected chi connectivity index (χ0v) is 17.1. The third-order valence-electron chi connectivity index (χ3n) is 5.54. The first-order valence-corrected chi connectivity index (χ1v) is 10.1. The molecule has 0 bridgehead atoms. The van der Waals surface area contributed by atoms with Crippen molar-refractivity contribution in [3.63, 3.8) is 0 Å². The lowest BCUT2D eigenvalue weighted by atomic mass is 10.1. The van der Waals surface area contributed by atoms with Gasteiger partial charge in [-0.05, 0) is 37.3 Å². The van der Waals surface area contributed by atoms with Crippen LogP contribution in [0.25, 0.3) is 10.9 Å². The fourth-order valence-corrected chi connectivity index (χ4v) is 4.04. The van der Waals surface area contributed by atoms with Gasteiger partial charge < -0.3 is 19.1 Å². The molecule has 2 heterocycles. The van der Waals surface area contributed by atoms with Crippen LogP contribution in [0.15, 0.2) is 53.3 Å². The van der Waals surface area contributed by atoms with E-state index in [0.717, 1.165) is 16.6 Å². The molecule has 1 fully saturated rings. The zero-order valence-electron chi connectivity index (χ0n) is 17.1. The molecule has 2 aromatic carbocycles. The number of piperazine rings is 1. The Balaban J connectivity index is 1.74. The maximum atomic E-state index is 13.2. The van der Waals surface area contributed by atoms with Gasteiger partial charge in [-0.25, -0.2) is 9.18 Å². The van der Waals surface area contributed by atoms with Gasteiger partial charge >= 0.3 is 5.97 Å². The number of aromatic nitrogens is 1. The third-order valence-corrected chi connectivity index (χ3v) is 5.54. The number of para-hydroxylation sites is 1. The number of hydrogen-bond acceptors (Lipinski definition) is 5. The van der Waals surface area contributed by atoms with Crippen molar-refractivity contribution in [1.82, 2.24) is 4.57 Å². The minimum atomic E-state index is -0.597. The lowest BCUT2D eigenvalue weighted by molar-refractivity contribution is 0.0524. The molecule has 0 aliphatic carbocycles. The Morgan fingerprint density at radius 2 is 1.63 bits per heavy atom. The van der Waals surface area contributed by atoms with E-state index in [-0.39, 0.29) is 23.5 Å². The lowest BCUT2D eigenvalue weighted by Gasteiger charge is -2.38. The zero-order chi connectivity index (χ0) is 21.3. The predicted molar refractivity (Wildman–Crippen MR) is 116 cm³/mol. The summed E-state index contributed by atoms with van der Waals surface area (Å²) in [4.78, 5) is 30.1. The van der Waals surface area contributed by atoms with Crippen LogP contribution in [0.5, 0.6) is 0 Å². The molecule has 0 amide bonds. The van der Waals surface area contributed by atoms with Crippen molar-refractivity contribution < 1.29 is 13.9 Å². The van der Waals surface area contributed by atoms with Crippen molar-refractivity contribution in [3.8, 4) is 0 Å². The molecule has 3 aromatic rings. The maximum absolute atomic E-state index is 13.2. The molecule has 0 atom stereocenters. The molecule has 30 heavy (non-hydrogen) atoms. The Kier molecular flexibility index (Phi) is 5.44. The van der Waals surface area contributed by atoms with Crippen LogP contribution in [-0.4, -0.2) is 43.3 Å². The average Bonchev–Trinajstić information content (AvgIpc) is 2.77. The number of ether oxygens (including phenoxy) is 1. The largest absolute Gasteiger partial charge is 0.462 e. The van der Waals surface area contributed by atoms with Crippen molar-refractivity contribution >= 4 is 28.2 Å². The fraction of sp³-hybridized carbons (Fsp3) is 0.304. The molecule has 1 aliphatic rings. The quantitative estimate of drug-likeness (QED) is 0.620. The smallest absolute Gasteiger partial charge is 0.345 e. The first-order chi connectivity index (χ1) is 14.5. The van der Waals surface area contributed by atoms with Gasteiger partial charge in [-0.2, -0.15) is 0 Å². The number of halogens is 1. The average molecular weight is 409 g/mol. The van der Waals surface area contributed by atoms with Crippen LogP contribution in [0.4, 0.5) is 15.8 Å². The number of pyridine rings is 1. The highest BCUT2D eigenvalue weighted by Crippen LogP contribution is 2.30. The molecule has 0 radical (unpaired) electrons. The minimum absolute atomic E-state index is 0.0771. The summed E-state index contributed by atoms with van der Waals surface area (Å²) in [5, 5.41) is 0.845. The second-order valence-electron chi connectivity index (χ2n) is 7.28. The Bertz CT molecular complexity index is 1130. The van der Waals surface area contributed by atoms with Crippen LogP contribution < -0.4 is 15.4 Å². The Hall–Kier alpha value is -3.35. The van der Waals surface area contributed by atoms with E-state index in [1.807, 2.05) is 24.3 Å². The van der Waals surface area contributed by atoms with Crippen LogP contribution in [0.1, 0.15) is 17.3 Å². The summed E-state index contributed by atoms with van der Waals surface area (Å²) >= 11 is 0. The van der Waals surface area contributed by atoms with Gasteiger partial charge in [-0.3, -0.25) is 4.79 Å². The second kappa shape index (κ2) is 8.18. The number of fused-ring (bicyclic) bond motifs is 1. The standard InChI is InChI=1S/C23H24FN3O3/c1-3-30-23(29)20-21(18-6-4-5-7-19(18)25(2)22(20)28)27-14-12-26(13-15-27)17-10-8-16(24)9-11-17/h4-11H,3,12-15H2,1-2H3. The van der Waals surface area contributed by atoms with Crippen LogP contribution in [0.2, 0.25) is 0 Å². The first-order valence-electron chi connectivity index (χ1n) is 10.1. The van der Waals surface area contributed by atoms with Crippen molar-refractivity contribution in [1.29, 1.82) is 0 Å². The van der Waals surface area contributed by atoms with Gasteiger partial charge in [0.1, 0.15) is 11.4 Å². The summed E-state index contributed by atoms with van der Waals surface area (Å²) in [6.45, 7) is 4.56. The Morgan fingerprint density at radius 1 is 1.00 bits per heavy atom. The van der Waals surface area contributed by atoms with Gasteiger partial charge in [0.25, 0.3) is 5.56 Å². The molecule has 4 rings (SSSR count). The molecule has 1 saturated heterocycles. The Labute approximate surface area is 174 Å². The number of hydrogen-bond donors (Lipinski definition) is 0. The van der Waals surface area contributed by atoms with E-state index in [1.54, 1.807) is 26.1 Å². The maximum Gasteiger partial charge on any atom is 0.345 e. The van der Waals surface area contributed by atoms with Gasteiger partial charge in [-0.15, -0.1) is 0 Å². The summed E-state index contributed by atoms with van der Waals surface area (Å²) in [7, 11) is 1.67. The van der Waals surface area contributed by atoms with Crippen LogP contribution in [0.3, 0.4) is 0 Å². The van der Waals surface area contributed by atoms with Gasteiger partial charge in [0, 0.05) is 44.3 Å². The molecule has 1 aromatic heterocycles. The van der Waals surface area contributed by atoms with Crippen molar-refractivity contribution in [3.05, 3.63) is 70.3 Å². The van der Waals surface area contributed by atoms with Crippen LogP contribution in [0, 0.1) is 5.82 Å². The highest BCUT2D eigenvalue weighted by molar-refractivity contribution is 6.05. The highest BCUT2D eigenvalue weighted by Gasteiger charge is 2.28. The van der Waals surface area contributed by atoms with E-state index in [9.17, 15) is 14.0 Å². The predicted octanol–water partition coefficient (Wildman–Crippen LogP) is 3.18. The number of carbonyl (C=O) groups excluding carboxylic acids is 1. The van der Waals surface area contributed by atoms with E-state index in [0.29, 0.717) is 31.9 Å². The summed E-state index contributed by atoms with van der Waals surface area (Å²) in [5.41, 5.74) is 2.07. The second-order valence-corrected chi connectivity index (χ2v) is 7.28. The summed E-state index contributed by atoms with van der Waals surface area (Å²) in [6, 6.07) is 14.0. The number of aryl methyl sites for hydroxylation is 1. The molecule has 0 saturated carbocycles. The van der Waals surface area contributed by atoms with Gasteiger partial charge in [0.05, 0.1) is 17.8 Å². The molecule has 156 valence electrons. The molecule has 6 nitrogen and oxygen atoms in total. The fourth-order valence-electron chi connectivity index (χ4n) is 4.04. The van der Waals surface area contributed by atoms with E-state index in [1.165, 1.54) is 16.7 Å². The van der Waals surface area contributed by atoms with Crippen molar-refractivity contribution in [2.45, 2.75) is 6.92 Å². The monoisotopic (exact) mass is 409 g/mol. The number of benzene rings is 2. The number of anilines is 2. The van der Waals surface area contributed by atoms with E-state index in [2.05, 4.69) is 9.80 Å². The summed E-state index contributed by atoms with van der Waals surface area (Å²) in [6.07, 6.45) is 0. The molecule has 7 heteroatoms. The summed E-state index contributed by atoms with van der Waals surface area (Å²) < 4.78 is 20.0.